The van der Waals surface area contributed by atoms with Crippen LogP contribution in [0.5, 0.6) is 0 Å². The quantitative estimate of drug-likeness (QED) is 0.225. The molecule has 0 bridgehead atoms. The van der Waals surface area contributed by atoms with Crippen LogP contribution in [0.4, 0.5) is 37.7 Å². The number of likely N-dealkylation sites (tertiary alicyclic amines) is 1. The van der Waals surface area contributed by atoms with Crippen LogP contribution in [0.1, 0.15) is 93.2 Å². The molecule has 2 amide bonds. The number of allylic oxidation sites excluding steroid dienone is 6. The van der Waals surface area contributed by atoms with Crippen molar-refractivity contribution in [3.8, 4) is 0 Å². The number of amides is 2. The predicted octanol–water partition coefficient (Wildman–Crippen LogP) is 8.51. The SMILES string of the molecule is CCCN1C2=CC(=NC(=O)C(F)(F)F)/C(=C3/C(=O)C(c4cc5c(cc4NC(=O)C(F)(F)F)N(CCC)C(C)(C)C5(C)C)=C3O)C=C2C(C)(C)C1(C)C. The van der Waals surface area contributed by atoms with Gasteiger partial charge in [0.05, 0.1) is 22.5 Å². The highest BCUT2D eigenvalue weighted by Gasteiger charge is 2.55. The van der Waals surface area contributed by atoms with Gasteiger partial charge >= 0.3 is 24.2 Å². The number of halogens is 6. The number of nitrogens with one attached hydrogen (secondary N) is 1. The second kappa shape index (κ2) is 12.1. The van der Waals surface area contributed by atoms with Gasteiger partial charge in [0.1, 0.15) is 5.76 Å². The molecule has 4 aliphatic rings. The number of carbonyl (C=O) groups excluding carboxylic acids is 3. The lowest BCUT2D eigenvalue weighted by atomic mass is 9.69. The van der Waals surface area contributed by atoms with Gasteiger partial charge in [-0.2, -0.15) is 26.3 Å². The molecule has 0 saturated carbocycles. The number of Topliss-reactive ketones (excluding diaryl/α,β-unsaturated/α-hetero) is 1. The number of hydrogen-bond acceptors (Lipinski definition) is 6. The molecule has 0 aromatic heterocycles. The molecule has 2 heterocycles. The first-order valence-electron chi connectivity index (χ1n) is 17.2. The summed E-state index contributed by atoms with van der Waals surface area (Å²) in [6, 6.07) is 2.84. The van der Waals surface area contributed by atoms with E-state index in [0.717, 1.165) is 0 Å². The zero-order chi connectivity index (χ0) is 39.3. The molecule has 1 fully saturated rings. The van der Waals surface area contributed by atoms with E-state index >= 15 is 0 Å². The molecule has 1 aromatic rings. The summed E-state index contributed by atoms with van der Waals surface area (Å²) in [6.45, 7) is 20.6. The lowest BCUT2D eigenvalue weighted by molar-refractivity contribution is -0.169. The Balaban J connectivity index is 1.79. The molecule has 0 radical (unpaired) electrons. The topological polar surface area (TPSA) is 102 Å². The smallest absolute Gasteiger partial charge is 0.473 e. The van der Waals surface area contributed by atoms with E-state index in [2.05, 4.69) is 4.99 Å². The van der Waals surface area contributed by atoms with Crippen LogP contribution in [0.3, 0.4) is 0 Å². The van der Waals surface area contributed by atoms with E-state index in [1.165, 1.54) is 24.3 Å². The molecule has 8 nitrogen and oxygen atoms in total. The molecule has 14 heteroatoms. The summed E-state index contributed by atoms with van der Waals surface area (Å²) in [5.74, 6) is -6.34. The second-order valence-corrected chi connectivity index (χ2v) is 15.8. The van der Waals surface area contributed by atoms with Gasteiger partial charge in [0.15, 0.2) is 0 Å². The fraction of sp³-hybridized carbons (Fsp3) is 0.526. The summed E-state index contributed by atoms with van der Waals surface area (Å²) in [5, 5.41) is 13.5. The van der Waals surface area contributed by atoms with Crippen LogP contribution < -0.4 is 10.2 Å². The van der Waals surface area contributed by atoms with Gasteiger partial charge in [-0.1, -0.05) is 41.5 Å². The summed E-state index contributed by atoms with van der Waals surface area (Å²) in [4.78, 5) is 46.1. The minimum absolute atomic E-state index is 0.188. The summed E-state index contributed by atoms with van der Waals surface area (Å²) < 4.78 is 81.4. The Morgan fingerprint density at radius 1 is 0.808 bits per heavy atom. The zero-order valence-corrected chi connectivity index (χ0v) is 30.9. The standard InChI is InChI=1S/C38H44F6N4O4/c1-11-13-47-25-17-23(45-31(51)37(39,40)41)19(15-21(25)33(3,4)35(47,7)8)27-29(49)28(30(27)50)20-16-22-26(18-24(20)46-32(52)38(42,43)44)48(14-12-2)36(9,10)34(22,5)6/h15-18,49H,11-14H2,1-10H3,(H,45,51)/b28-20+,46-24?. The highest BCUT2D eigenvalue weighted by Crippen LogP contribution is 2.57. The Bertz CT molecular complexity index is 1940. The summed E-state index contributed by atoms with van der Waals surface area (Å²) >= 11 is 0. The lowest BCUT2D eigenvalue weighted by Crippen LogP contribution is -2.51. The third kappa shape index (κ3) is 5.58. The molecule has 0 unspecified atom stereocenters. The largest absolute Gasteiger partial charge is 0.506 e. The van der Waals surface area contributed by atoms with Gasteiger partial charge in [0.25, 0.3) is 0 Å². The number of aliphatic hydroxyl groups excluding tert-OH is 1. The van der Waals surface area contributed by atoms with Crippen LogP contribution in [0.25, 0.3) is 5.57 Å². The van der Waals surface area contributed by atoms with Crippen molar-refractivity contribution in [2.45, 2.75) is 111 Å². The molecule has 2 N–H and O–H groups in total. The molecule has 282 valence electrons. The number of ketones is 1. The van der Waals surface area contributed by atoms with Gasteiger partial charge in [-0.05, 0) is 76.0 Å². The molecule has 1 saturated heterocycles. The average Bonchev–Trinajstić information content (AvgIpc) is 3.24. The second-order valence-electron chi connectivity index (χ2n) is 15.8. The number of benzene rings is 1. The minimum atomic E-state index is -5.34. The van der Waals surface area contributed by atoms with Gasteiger partial charge < -0.3 is 20.2 Å². The van der Waals surface area contributed by atoms with E-state index in [-0.39, 0.29) is 16.8 Å². The van der Waals surface area contributed by atoms with E-state index in [1.54, 1.807) is 0 Å². The maximum atomic E-state index is 14.2. The zero-order valence-electron chi connectivity index (χ0n) is 30.9. The predicted molar refractivity (Wildman–Crippen MR) is 187 cm³/mol. The van der Waals surface area contributed by atoms with Crippen LogP contribution in [-0.2, 0) is 19.8 Å². The van der Waals surface area contributed by atoms with Crippen molar-refractivity contribution in [2.75, 3.05) is 23.3 Å². The first kappa shape index (κ1) is 38.9. The number of hydrogen-bond donors (Lipinski definition) is 2. The number of nitrogens with zero attached hydrogens (tertiary/aromatic N) is 3. The van der Waals surface area contributed by atoms with Gasteiger partial charge in [0.2, 0.25) is 5.78 Å². The highest BCUT2D eigenvalue weighted by atomic mass is 19.4. The van der Waals surface area contributed by atoms with Crippen LogP contribution in [0.15, 0.2) is 57.5 Å². The van der Waals surface area contributed by atoms with Crippen molar-refractivity contribution >= 4 is 40.3 Å². The Hall–Kier alpha value is -4.36. The molecule has 52 heavy (non-hydrogen) atoms. The van der Waals surface area contributed by atoms with Gasteiger partial charge in [-0.15, -0.1) is 0 Å². The average molecular weight is 735 g/mol. The van der Waals surface area contributed by atoms with E-state index < -0.39 is 74.5 Å². The third-order valence-electron chi connectivity index (χ3n) is 11.9. The van der Waals surface area contributed by atoms with Crippen molar-refractivity contribution in [1.82, 2.24) is 4.90 Å². The number of fused-ring (bicyclic) bond motifs is 2. The minimum Gasteiger partial charge on any atom is -0.506 e. The molecule has 2 aliphatic carbocycles. The fourth-order valence-corrected chi connectivity index (χ4v) is 7.67. The van der Waals surface area contributed by atoms with E-state index in [0.29, 0.717) is 48.5 Å². The Morgan fingerprint density at radius 3 is 1.88 bits per heavy atom. The van der Waals surface area contributed by atoms with Crippen molar-refractivity contribution in [3.05, 3.63) is 63.6 Å². The maximum absolute atomic E-state index is 14.2. The van der Waals surface area contributed by atoms with Crippen LogP contribution in [0, 0.1) is 5.41 Å². The highest BCUT2D eigenvalue weighted by molar-refractivity contribution is 6.42. The number of carbonyl (C=O) groups is 3. The lowest BCUT2D eigenvalue weighted by Gasteiger charge is -2.42. The normalized spacial score (nSPS) is 23.7. The molecule has 0 spiro atoms. The van der Waals surface area contributed by atoms with Crippen molar-refractivity contribution in [3.63, 3.8) is 0 Å². The van der Waals surface area contributed by atoms with Gasteiger partial charge in [-0.3, -0.25) is 14.4 Å². The van der Waals surface area contributed by atoms with E-state index in [1.807, 2.05) is 84.4 Å². The molecule has 1 aromatic carbocycles. The van der Waals surface area contributed by atoms with E-state index in [9.17, 15) is 45.8 Å². The van der Waals surface area contributed by atoms with Gasteiger partial charge in [-0.25, -0.2) is 4.99 Å². The molecule has 0 atom stereocenters. The maximum Gasteiger partial charge on any atom is 0.473 e. The molecular weight excluding hydrogens is 690 g/mol. The van der Waals surface area contributed by atoms with Crippen LogP contribution in [-0.4, -0.2) is 69.8 Å². The van der Waals surface area contributed by atoms with Gasteiger partial charge in [0, 0.05) is 57.5 Å². The first-order chi connectivity index (χ1) is 23.7. The van der Waals surface area contributed by atoms with Crippen molar-refractivity contribution in [1.29, 1.82) is 0 Å². The number of aliphatic hydroxyl groups is 1. The van der Waals surface area contributed by atoms with Crippen LogP contribution >= 0.6 is 0 Å². The number of alkyl halides is 6. The third-order valence-corrected chi connectivity index (χ3v) is 11.9. The Kier molecular flexibility index (Phi) is 9.04. The Morgan fingerprint density at radius 2 is 1.37 bits per heavy atom. The van der Waals surface area contributed by atoms with Crippen molar-refractivity contribution < 1.29 is 45.8 Å². The van der Waals surface area contributed by atoms with E-state index in [4.69, 9.17) is 0 Å². The summed E-state index contributed by atoms with van der Waals surface area (Å²) in [5.41, 5.74) is -2.26. The fourth-order valence-electron chi connectivity index (χ4n) is 7.67. The molecule has 5 rings (SSSR count). The van der Waals surface area contributed by atoms with Crippen molar-refractivity contribution in [2.24, 2.45) is 10.4 Å². The molecule has 2 aliphatic heterocycles. The molecular formula is C38H44F6N4O4. The first-order valence-corrected chi connectivity index (χ1v) is 17.2. The Labute approximate surface area is 299 Å². The monoisotopic (exact) mass is 734 g/mol. The number of aliphatic imine (C=N–C) groups is 1. The summed E-state index contributed by atoms with van der Waals surface area (Å²) in [6.07, 6.45) is -6.47. The summed E-state index contributed by atoms with van der Waals surface area (Å²) in [7, 11) is 0. The number of anilines is 2. The van der Waals surface area contributed by atoms with Crippen LogP contribution in [0.2, 0.25) is 0 Å². The number of rotatable bonds is 6.